The van der Waals surface area contributed by atoms with E-state index in [0.29, 0.717) is 15.8 Å². The number of nitrogens with zero attached hydrogens (tertiary/aromatic N) is 1. The molecule has 0 fully saturated rings. The van der Waals surface area contributed by atoms with Gasteiger partial charge in [0.1, 0.15) is 5.75 Å². The van der Waals surface area contributed by atoms with Gasteiger partial charge in [-0.1, -0.05) is 18.2 Å². The van der Waals surface area contributed by atoms with Crippen molar-refractivity contribution in [2.24, 2.45) is 5.73 Å². The molecule has 0 saturated heterocycles. The molecular weight excluding hydrogens is 336 g/mol. The van der Waals surface area contributed by atoms with Crippen molar-refractivity contribution >= 4 is 21.6 Å². The highest BCUT2D eigenvalue weighted by Gasteiger charge is 2.19. The highest BCUT2D eigenvalue weighted by Crippen LogP contribution is 2.37. The molecule has 2 N–H and O–H groups in total. The van der Waals surface area contributed by atoms with Crippen molar-refractivity contribution in [1.29, 1.82) is 0 Å². The smallest absolute Gasteiger partial charge is 0.314 e. The first-order valence-electron chi connectivity index (χ1n) is 6.37. The predicted molar refractivity (Wildman–Crippen MR) is 84.7 cm³/mol. The molecule has 0 aliphatic rings. The Morgan fingerprint density at radius 3 is 2.57 bits per heavy atom. The van der Waals surface area contributed by atoms with Crippen LogP contribution in [0.3, 0.4) is 0 Å². The van der Waals surface area contributed by atoms with Crippen LogP contribution in [0.25, 0.3) is 0 Å². The quantitative estimate of drug-likeness (QED) is 0.651. The van der Waals surface area contributed by atoms with Gasteiger partial charge >= 0.3 is 5.69 Å². The molecule has 110 valence electrons. The highest BCUT2D eigenvalue weighted by atomic mass is 79.9. The number of rotatable bonds is 4. The number of benzene rings is 2. The molecule has 5 nitrogen and oxygen atoms in total. The fourth-order valence-corrected chi connectivity index (χ4v) is 2.43. The lowest BCUT2D eigenvalue weighted by Crippen LogP contribution is -2.04. The van der Waals surface area contributed by atoms with Crippen LogP contribution in [0.1, 0.15) is 24.1 Å². The van der Waals surface area contributed by atoms with Crippen molar-refractivity contribution in [1.82, 2.24) is 0 Å². The maximum absolute atomic E-state index is 11.2. The number of para-hydroxylation sites is 1. The Morgan fingerprint density at radius 2 is 2.00 bits per heavy atom. The summed E-state index contributed by atoms with van der Waals surface area (Å²) in [5, 5.41) is 11.2. The van der Waals surface area contributed by atoms with Crippen LogP contribution < -0.4 is 10.5 Å². The second kappa shape index (κ2) is 6.24. The van der Waals surface area contributed by atoms with Gasteiger partial charge in [-0.05, 0) is 53.5 Å². The van der Waals surface area contributed by atoms with Crippen LogP contribution in [0.2, 0.25) is 0 Å². The first-order valence-corrected chi connectivity index (χ1v) is 7.16. The van der Waals surface area contributed by atoms with Crippen molar-refractivity contribution in [3.63, 3.8) is 0 Å². The van der Waals surface area contributed by atoms with Gasteiger partial charge in [0.05, 0.1) is 9.40 Å². The second-order valence-electron chi connectivity index (χ2n) is 4.76. The van der Waals surface area contributed by atoms with Crippen LogP contribution in [0, 0.1) is 17.0 Å². The van der Waals surface area contributed by atoms with Gasteiger partial charge in [0, 0.05) is 11.6 Å². The van der Waals surface area contributed by atoms with E-state index in [4.69, 9.17) is 10.5 Å². The lowest BCUT2D eigenvalue weighted by molar-refractivity contribution is -0.386. The first kappa shape index (κ1) is 15.5. The summed E-state index contributed by atoms with van der Waals surface area (Å²) in [7, 11) is 0. The average molecular weight is 351 g/mol. The molecule has 0 heterocycles. The third-order valence-corrected chi connectivity index (χ3v) is 3.70. The monoisotopic (exact) mass is 350 g/mol. The van der Waals surface area contributed by atoms with E-state index in [2.05, 4.69) is 15.9 Å². The van der Waals surface area contributed by atoms with E-state index in [1.807, 2.05) is 19.1 Å². The summed E-state index contributed by atoms with van der Waals surface area (Å²) in [5.41, 5.74) is 7.30. The third kappa shape index (κ3) is 3.40. The molecular formula is C15H15BrN2O3. The number of nitrogens with two attached hydrogens (primary N) is 1. The van der Waals surface area contributed by atoms with E-state index in [1.165, 1.54) is 0 Å². The molecule has 2 aromatic carbocycles. The van der Waals surface area contributed by atoms with E-state index < -0.39 is 4.92 Å². The molecule has 0 amide bonds. The summed E-state index contributed by atoms with van der Waals surface area (Å²) in [5.74, 6) is 0.724. The minimum Gasteiger partial charge on any atom is -0.449 e. The van der Waals surface area contributed by atoms with E-state index in [1.54, 1.807) is 31.2 Å². The number of nitro groups is 1. The molecule has 0 radical (unpaired) electrons. The van der Waals surface area contributed by atoms with Gasteiger partial charge in [-0.15, -0.1) is 0 Å². The van der Waals surface area contributed by atoms with E-state index in [-0.39, 0.29) is 17.5 Å². The van der Waals surface area contributed by atoms with Crippen LogP contribution in [0.4, 0.5) is 5.69 Å². The molecule has 1 atom stereocenters. The Bertz CT molecular complexity index is 687. The summed E-state index contributed by atoms with van der Waals surface area (Å²) in [4.78, 5) is 10.7. The predicted octanol–water partition coefficient (Wildman–Crippen LogP) is 4.48. The first-order chi connectivity index (χ1) is 9.90. The number of hydrogen-bond donors (Lipinski definition) is 1. The zero-order chi connectivity index (χ0) is 15.6. The zero-order valence-electron chi connectivity index (χ0n) is 11.7. The van der Waals surface area contributed by atoms with Crippen molar-refractivity contribution < 1.29 is 9.66 Å². The molecule has 2 rings (SSSR count). The fourth-order valence-electron chi connectivity index (χ4n) is 1.95. The van der Waals surface area contributed by atoms with Crippen molar-refractivity contribution in [3.05, 3.63) is 62.1 Å². The Balaban J connectivity index is 2.39. The van der Waals surface area contributed by atoms with Crippen molar-refractivity contribution in [3.8, 4) is 11.5 Å². The van der Waals surface area contributed by atoms with Gasteiger partial charge in [-0.2, -0.15) is 0 Å². The molecule has 0 saturated carbocycles. The van der Waals surface area contributed by atoms with Gasteiger partial charge in [0.25, 0.3) is 0 Å². The van der Waals surface area contributed by atoms with Crippen molar-refractivity contribution in [2.75, 3.05) is 0 Å². The van der Waals surface area contributed by atoms with Crippen LogP contribution >= 0.6 is 15.9 Å². The molecule has 6 heteroatoms. The Morgan fingerprint density at radius 1 is 1.29 bits per heavy atom. The maximum Gasteiger partial charge on any atom is 0.314 e. The lowest BCUT2D eigenvalue weighted by Gasteiger charge is -2.12. The van der Waals surface area contributed by atoms with E-state index >= 15 is 0 Å². The van der Waals surface area contributed by atoms with Crippen LogP contribution in [0.5, 0.6) is 11.5 Å². The van der Waals surface area contributed by atoms with Gasteiger partial charge in [0.2, 0.25) is 5.75 Å². The fraction of sp³-hybridized carbons (Fsp3) is 0.200. The van der Waals surface area contributed by atoms with Gasteiger partial charge in [-0.25, -0.2) is 0 Å². The lowest BCUT2D eigenvalue weighted by atomic mass is 10.1. The maximum atomic E-state index is 11.2. The standard InChI is InChI=1S/C15H15BrN2O3/c1-9-4-3-5-14(15(9)18(19)20)21-13-7-6-11(10(2)17)8-12(13)16/h3-8,10H,17H2,1-2H3. The number of ether oxygens (including phenoxy) is 1. The summed E-state index contributed by atoms with van der Waals surface area (Å²) in [6.07, 6.45) is 0. The second-order valence-corrected chi connectivity index (χ2v) is 5.61. The normalized spacial score (nSPS) is 12.0. The van der Waals surface area contributed by atoms with Crippen LogP contribution in [0.15, 0.2) is 40.9 Å². The summed E-state index contributed by atoms with van der Waals surface area (Å²) < 4.78 is 6.39. The Labute approximate surface area is 131 Å². The van der Waals surface area contributed by atoms with Gasteiger partial charge in [0.15, 0.2) is 0 Å². The Hall–Kier alpha value is -1.92. The molecule has 0 aliphatic carbocycles. The summed E-state index contributed by atoms with van der Waals surface area (Å²) in [6, 6.07) is 10.3. The van der Waals surface area contributed by atoms with E-state index in [9.17, 15) is 10.1 Å². The average Bonchev–Trinajstić information content (AvgIpc) is 2.40. The molecule has 0 spiro atoms. The van der Waals surface area contributed by atoms with Gasteiger partial charge < -0.3 is 10.5 Å². The molecule has 0 aliphatic heterocycles. The SMILES string of the molecule is Cc1cccc(Oc2ccc(C(C)N)cc2Br)c1[N+](=O)[O-]. The number of aryl methyl sites for hydroxylation is 1. The summed E-state index contributed by atoms with van der Waals surface area (Å²) in [6.45, 7) is 3.56. The molecule has 21 heavy (non-hydrogen) atoms. The Kier molecular flexibility index (Phi) is 4.59. The van der Waals surface area contributed by atoms with Crippen molar-refractivity contribution in [2.45, 2.75) is 19.9 Å². The molecule has 0 bridgehead atoms. The molecule has 2 aromatic rings. The topological polar surface area (TPSA) is 78.4 Å². The molecule has 1 unspecified atom stereocenters. The minimum atomic E-state index is -0.436. The van der Waals surface area contributed by atoms with Crippen LogP contribution in [-0.4, -0.2) is 4.92 Å². The van der Waals surface area contributed by atoms with Crippen LogP contribution in [-0.2, 0) is 0 Å². The minimum absolute atomic E-state index is 0.0272. The van der Waals surface area contributed by atoms with Gasteiger partial charge in [-0.3, -0.25) is 10.1 Å². The largest absolute Gasteiger partial charge is 0.449 e. The number of halogens is 1. The number of hydrogen-bond acceptors (Lipinski definition) is 4. The van der Waals surface area contributed by atoms with E-state index in [0.717, 1.165) is 5.56 Å². The molecule has 0 aromatic heterocycles. The third-order valence-electron chi connectivity index (χ3n) is 3.08. The summed E-state index contributed by atoms with van der Waals surface area (Å²) >= 11 is 3.40. The zero-order valence-corrected chi connectivity index (χ0v) is 13.3. The highest BCUT2D eigenvalue weighted by molar-refractivity contribution is 9.10. The number of nitro benzene ring substituents is 1.